The van der Waals surface area contributed by atoms with Crippen molar-refractivity contribution >= 4 is 23.2 Å². The van der Waals surface area contributed by atoms with E-state index in [1.807, 2.05) is 0 Å². The summed E-state index contributed by atoms with van der Waals surface area (Å²) >= 11 is 0. The molecule has 2 amide bonds. The number of likely N-dealkylation sites (tertiary alicyclic amines) is 1. The Labute approximate surface area is 105 Å². The molecule has 6 heteroatoms. The second kappa shape index (κ2) is 4.56. The summed E-state index contributed by atoms with van der Waals surface area (Å²) in [7, 11) is 0. The first-order chi connectivity index (χ1) is 8.50. The molecule has 18 heavy (non-hydrogen) atoms. The van der Waals surface area contributed by atoms with E-state index in [4.69, 9.17) is 17.2 Å². The molecule has 1 saturated heterocycles. The molecule has 1 heterocycles. The van der Waals surface area contributed by atoms with E-state index in [0.29, 0.717) is 29.9 Å². The number of benzene rings is 1. The van der Waals surface area contributed by atoms with Gasteiger partial charge in [-0.2, -0.15) is 0 Å². The lowest BCUT2D eigenvalue weighted by Crippen LogP contribution is -2.43. The van der Waals surface area contributed by atoms with Gasteiger partial charge >= 0.3 is 0 Å². The lowest BCUT2D eigenvalue weighted by Gasteiger charge is -2.22. The van der Waals surface area contributed by atoms with Crippen LogP contribution in [0.2, 0.25) is 0 Å². The van der Waals surface area contributed by atoms with Gasteiger partial charge in [0.15, 0.2) is 0 Å². The number of hydrogen-bond donors (Lipinski definition) is 3. The van der Waals surface area contributed by atoms with Crippen molar-refractivity contribution in [2.75, 3.05) is 18.0 Å². The number of nitrogens with zero attached hydrogens (tertiary/aromatic N) is 1. The van der Waals surface area contributed by atoms with Crippen LogP contribution in [0.25, 0.3) is 0 Å². The molecule has 0 spiro atoms. The smallest absolute Gasteiger partial charge is 0.256 e. The van der Waals surface area contributed by atoms with Gasteiger partial charge in [0.2, 0.25) is 5.91 Å². The van der Waals surface area contributed by atoms with Crippen LogP contribution >= 0.6 is 0 Å². The van der Waals surface area contributed by atoms with Gasteiger partial charge in [0.25, 0.3) is 5.91 Å². The maximum absolute atomic E-state index is 12.3. The van der Waals surface area contributed by atoms with Crippen LogP contribution in [0.5, 0.6) is 0 Å². The Morgan fingerprint density at radius 2 is 2.00 bits per heavy atom. The Morgan fingerprint density at radius 1 is 1.28 bits per heavy atom. The number of nitrogens with two attached hydrogens (primary N) is 3. The summed E-state index contributed by atoms with van der Waals surface area (Å²) < 4.78 is 0. The second-order valence-corrected chi connectivity index (χ2v) is 4.41. The number of carbonyl (C=O) groups is 2. The summed E-state index contributed by atoms with van der Waals surface area (Å²) in [6, 6.07) is 4.18. The molecule has 2 rings (SSSR count). The third kappa shape index (κ3) is 2.09. The maximum atomic E-state index is 12.3. The van der Waals surface area contributed by atoms with Crippen LogP contribution in [0.4, 0.5) is 11.4 Å². The predicted octanol–water partition coefficient (Wildman–Crippen LogP) is -0.0591. The van der Waals surface area contributed by atoms with Crippen molar-refractivity contribution < 1.29 is 9.59 Å². The summed E-state index contributed by atoms with van der Waals surface area (Å²) in [6.45, 7) is 0.524. The van der Waals surface area contributed by atoms with E-state index in [0.717, 1.165) is 6.42 Å². The van der Waals surface area contributed by atoms with E-state index in [9.17, 15) is 9.59 Å². The summed E-state index contributed by atoms with van der Waals surface area (Å²) in [5.41, 5.74) is 17.8. The SMILES string of the molecule is NC(=O)C1CCCN1C(=O)c1ccc(N)cc1N. The van der Waals surface area contributed by atoms with Crippen molar-refractivity contribution in [3.63, 3.8) is 0 Å². The quantitative estimate of drug-likeness (QED) is 0.636. The standard InChI is InChI=1S/C12H16N4O2/c13-7-3-4-8(9(14)6-7)12(18)16-5-1-2-10(16)11(15)17/h3-4,6,10H,1-2,5,13-14H2,(H2,15,17). The summed E-state index contributed by atoms with van der Waals surface area (Å²) in [4.78, 5) is 25.0. The van der Waals surface area contributed by atoms with Gasteiger partial charge < -0.3 is 22.1 Å². The number of nitrogen functional groups attached to an aromatic ring is 2. The second-order valence-electron chi connectivity index (χ2n) is 4.41. The average molecular weight is 248 g/mol. The zero-order chi connectivity index (χ0) is 13.3. The molecule has 96 valence electrons. The molecular weight excluding hydrogens is 232 g/mol. The van der Waals surface area contributed by atoms with E-state index in [2.05, 4.69) is 0 Å². The number of hydrogen-bond acceptors (Lipinski definition) is 4. The number of amides is 2. The van der Waals surface area contributed by atoms with Gasteiger partial charge in [0, 0.05) is 17.9 Å². The Kier molecular flexibility index (Phi) is 3.10. The van der Waals surface area contributed by atoms with Crippen LogP contribution in [0, 0.1) is 0 Å². The molecule has 1 unspecified atom stereocenters. The summed E-state index contributed by atoms with van der Waals surface area (Å²) in [6.07, 6.45) is 1.38. The molecule has 0 saturated carbocycles. The topological polar surface area (TPSA) is 115 Å². The van der Waals surface area contributed by atoms with Crippen molar-refractivity contribution in [2.45, 2.75) is 18.9 Å². The van der Waals surface area contributed by atoms with E-state index in [-0.39, 0.29) is 5.91 Å². The van der Waals surface area contributed by atoms with Crippen LogP contribution in [-0.4, -0.2) is 29.3 Å². The normalized spacial score (nSPS) is 18.9. The van der Waals surface area contributed by atoms with Gasteiger partial charge in [-0.1, -0.05) is 0 Å². The molecule has 1 aliphatic rings. The molecule has 0 bridgehead atoms. The zero-order valence-corrected chi connectivity index (χ0v) is 9.93. The molecule has 0 aliphatic carbocycles. The zero-order valence-electron chi connectivity index (χ0n) is 9.93. The lowest BCUT2D eigenvalue weighted by atomic mass is 10.1. The Morgan fingerprint density at radius 3 is 2.61 bits per heavy atom. The minimum absolute atomic E-state index is 0.270. The highest BCUT2D eigenvalue weighted by atomic mass is 16.2. The number of rotatable bonds is 2. The van der Waals surface area contributed by atoms with Gasteiger partial charge in [-0.05, 0) is 31.0 Å². The first-order valence-corrected chi connectivity index (χ1v) is 5.76. The van der Waals surface area contributed by atoms with Gasteiger partial charge in [-0.3, -0.25) is 9.59 Å². The Bertz CT molecular complexity index is 501. The largest absolute Gasteiger partial charge is 0.399 e. The summed E-state index contributed by atoms with van der Waals surface area (Å²) in [5.74, 6) is -0.747. The molecule has 1 aromatic rings. The molecule has 0 aromatic heterocycles. The lowest BCUT2D eigenvalue weighted by molar-refractivity contribution is -0.121. The fourth-order valence-electron chi connectivity index (χ4n) is 2.24. The van der Waals surface area contributed by atoms with Crippen molar-refractivity contribution in [1.82, 2.24) is 4.90 Å². The van der Waals surface area contributed by atoms with Crippen LogP contribution in [0.15, 0.2) is 18.2 Å². The van der Waals surface area contributed by atoms with Crippen LogP contribution in [-0.2, 0) is 4.79 Å². The molecule has 1 aliphatic heterocycles. The fraction of sp³-hybridized carbons (Fsp3) is 0.333. The first kappa shape index (κ1) is 12.2. The van der Waals surface area contributed by atoms with Gasteiger partial charge in [0.05, 0.1) is 5.56 Å². The van der Waals surface area contributed by atoms with E-state index >= 15 is 0 Å². The van der Waals surface area contributed by atoms with Crippen molar-refractivity contribution in [3.8, 4) is 0 Å². The Hall–Kier alpha value is -2.24. The number of anilines is 2. The molecule has 1 fully saturated rings. The van der Waals surface area contributed by atoms with Crippen molar-refractivity contribution in [3.05, 3.63) is 23.8 Å². The third-order valence-electron chi connectivity index (χ3n) is 3.15. The Balaban J connectivity index is 2.28. The fourth-order valence-corrected chi connectivity index (χ4v) is 2.24. The average Bonchev–Trinajstić information content (AvgIpc) is 2.77. The minimum Gasteiger partial charge on any atom is -0.399 e. The van der Waals surface area contributed by atoms with Gasteiger partial charge in [-0.25, -0.2) is 0 Å². The van der Waals surface area contributed by atoms with Gasteiger partial charge in [-0.15, -0.1) is 0 Å². The van der Waals surface area contributed by atoms with E-state index in [1.54, 1.807) is 12.1 Å². The van der Waals surface area contributed by atoms with Crippen LogP contribution < -0.4 is 17.2 Å². The van der Waals surface area contributed by atoms with Crippen molar-refractivity contribution in [2.24, 2.45) is 5.73 Å². The third-order valence-corrected chi connectivity index (χ3v) is 3.15. The molecule has 6 nitrogen and oxygen atoms in total. The first-order valence-electron chi connectivity index (χ1n) is 5.76. The minimum atomic E-state index is -0.533. The number of primary amides is 1. The van der Waals surface area contributed by atoms with Crippen LogP contribution in [0.1, 0.15) is 23.2 Å². The highest BCUT2D eigenvalue weighted by molar-refractivity contribution is 6.02. The van der Waals surface area contributed by atoms with E-state index < -0.39 is 11.9 Å². The molecule has 6 N–H and O–H groups in total. The number of carbonyl (C=O) groups excluding carboxylic acids is 2. The molecule has 0 radical (unpaired) electrons. The monoisotopic (exact) mass is 248 g/mol. The van der Waals surface area contributed by atoms with Crippen molar-refractivity contribution in [1.29, 1.82) is 0 Å². The molecule has 1 atom stereocenters. The van der Waals surface area contributed by atoms with E-state index in [1.165, 1.54) is 11.0 Å². The predicted molar refractivity (Wildman–Crippen MR) is 68.5 cm³/mol. The van der Waals surface area contributed by atoms with Crippen LogP contribution in [0.3, 0.4) is 0 Å². The highest BCUT2D eigenvalue weighted by Gasteiger charge is 2.33. The maximum Gasteiger partial charge on any atom is 0.256 e. The molecule has 1 aromatic carbocycles. The van der Waals surface area contributed by atoms with Gasteiger partial charge in [0.1, 0.15) is 6.04 Å². The summed E-state index contributed by atoms with van der Waals surface area (Å²) in [5, 5.41) is 0. The molecular formula is C12H16N4O2. The highest BCUT2D eigenvalue weighted by Crippen LogP contribution is 2.23.